The molecule has 0 N–H and O–H groups in total. The second-order valence-electron chi connectivity index (χ2n) is 7.12. The van der Waals surface area contributed by atoms with Gasteiger partial charge < -0.3 is 9.64 Å². The fourth-order valence-corrected chi connectivity index (χ4v) is 4.33. The van der Waals surface area contributed by atoms with Gasteiger partial charge in [0.15, 0.2) is 0 Å². The lowest BCUT2D eigenvalue weighted by atomic mass is 9.65. The normalized spacial score (nSPS) is 25.7. The first-order chi connectivity index (χ1) is 11.0. The number of ether oxygens (including phenoxy) is 1. The highest BCUT2D eigenvalue weighted by Crippen LogP contribution is 2.43. The van der Waals surface area contributed by atoms with Gasteiger partial charge in [-0.25, -0.2) is 0 Å². The lowest BCUT2D eigenvalue weighted by Crippen LogP contribution is -2.47. The van der Waals surface area contributed by atoms with E-state index in [9.17, 15) is 0 Å². The quantitative estimate of drug-likeness (QED) is 0.850. The Morgan fingerprint density at radius 2 is 2.13 bits per heavy atom. The summed E-state index contributed by atoms with van der Waals surface area (Å²) < 4.78 is 5.61. The van der Waals surface area contributed by atoms with E-state index >= 15 is 0 Å². The minimum atomic E-state index is 0.261. The maximum atomic E-state index is 5.61. The number of rotatable bonds is 3. The van der Waals surface area contributed by atoms with Crippen LogP contribution in [-0.2, 0) is 5.41 Å². The number of methoxy groups -OCH3 is 1. The van der Waals surface area contributed by atoms with Crippen LogP contribution >= 0.6 is 0 Å². The van der Waals surface area contributed by atoms with Crippen LogP contribution in [0.15, 0.2) is 24.3 Å². The zero-order valence-corrected chi connectivity index (χ0v) is 15.0. The summed E-state index contributed by atoms with van der Waals surface area (Å²) in [4.78, 5) is 7.11. The summed E-state index contributed by atoms with van der Waals surface area (Å²) in [6.45, 7) is 9.07. The Morgan fingerprint density at radius 3 is 2.78 bits per heavy atom. The average Bonchev–Trinajstić information content (AvgIpc) is 2.54. The van der Waals surface area contributed by atoms with Crippen LogP contribution in [0.5, 0.6) is 5.75 Å². The number of hydrogen-bond acceptors (Lipinski definition) is 3. The van der Waals surface area contributed by atoms with Crippen LogP contribution < -0.4 is 4.74 Å². The number of aromatic nitrogens is 1. The SMILES string of the molecule is CCC1(c2ccc3nc(C)cc(OC)c3c2)CCN(C)CC1C. The number of likely N-dealkylation sites (tertiary alicyclic amines) is 1. The first-order valence-corrected chi connectivity index (χ1v) is 8.64. The van der Waals surface area contributed by atoms with Crippen molar-refractivity contribution >= 4 is 10.9 Å². The number of nitrogens with zero attached hydrogens (tertiary/aromatic N) is 2. The predicted octanol–water partition coefficient (Wildman–Crippen LogP) is 4.17. The van der Waals surface area contributed by atoms with E-state index in [-0.39, 0.29) is 5.41 Å². The van der Waals surface area contributed by atoms with E-state index in [4.69, 9.17) is 4.74 Å². The molecule has 0 bridgehead atoms. The van der Waals surface area contributed by atoms with Crippen molar-refractivity contribution in [2.75, 3.05) is 27.2 Å². The maximum Gasteiger partial charge on any atom is 0.130 e. The number of piperidine rings is 1. The second-order valence-corrected chi connectivity index (χ2v) is 7.12. The van der Waals surface area contributed by atoms with Gasteiger partial charge in [-0.1, -0.05) is 19.9 Å². The van der Waals surface area contributed by atoms with Crippen LogP contribution in [0.2, 0.25) is 0 Å². The molecule has 2 atom stereocenters. The minimum Gasteiger partial charge on any atom is -0.496 e. The van der Waals surface area contributed by atoms with E-state index in [1.807, 2.05) is 13.0 Å². The van der Waals surface area contributed by atoms with Gasteiger partial charge in [-0.15, -0.1) is 0 Å². The Morgan fingerprint density at radius 1 is 1.35 bits per heavy atom. The lowest BCUT2D eigenvalue weighted by Gasteiger charge is -2.46. The van der Waals surface area contributed by atoms with Crippen LogP contribution in [0.3, 0.4) is 0 Å². The van der Waals surface area contributed by atoms with Crippen molar-refractivity contribution in [3.63, 3.8) is 0 Å². The molecule has 23 heavy (non-hydrogen) atoms. The first kappa shape index (κ1) is 16.3. The summed E-state index contributed by atoms with van der Waals surface area (Å²) in [6, 6.07) is 8.82. The molecule has 0 amide bonds. The monoisotopic (exact) mass is 312 g/mol. The Balaban J connectivity index is 2.13. The smallest absolute Gasteiger partial charge is 0.130 e. The fraction of sp³-hybridized carbons (Fsp3) is 0.550. The molecule has 1 aliphatic heterocycles. The average molecular weight is 312 g/mol. The zero-order valence-electron chi connectivity index (χ0n) is 15.0. The van der Waals surface area contributed by atoms with Crippen LogP contribution in [0.1, 0.15) is 37.9 Å². The summed E-state index contributed by atoms with van der Waals surface area (Å²) in [6.07, 6.45) is 2.39. The summed E-state index contributed by atoms with van der Waals surface area (Å²) >= 11 is 0. The van der Waals surface area contributed by atoms with E-state index < -0.39 is 0 Å². The topological polar surface area (TPSA) is 25.4 Å². The number of pyridine rings is 1. The lowest BCUT2D eigenvalue weighted by molar-refractivity contribution is 0.117. The van der Waals surface area contributed by atoms with Gasteiger partial charge in [0.05, 0.1) is 12.6 Å². The molecule has 2 heterocycles. The molecule has 0 aliphatic carbocycles. The van der Waals surface area contributed by atoms with Crippen LogP contribution in [-0.4, -0.2) is 37.1 Å². The molecule has 2 unspecified atom stereocenters. The van der Waals surface area contributed by atoms with Gasteiger partial charge >= 0.3 is 0 Å². The molecule has 1 aliphatic rings. The third-order valence-corrected chi connectivity index (χ3v) is 5.79. The summed E-state index contributed by atoms with van der Waals surface area (Å²) in [5, 5.41) is 1.13. The molecular weight excluding hydrogens is 284 g/mol. The van der Waals surface area contributed by atoms with Crippen molar-refractivity contribution in [2.45, 2.75) is 39.0 Å². The van der Waals surface area contributed by atoms with Gasteiger partial charge in [0.2, 0.25) is 0 Å². The molecule has 1 fully saturated rings. The number of aryl methyl sites for hydroxylation is 1. The zero-order chi connectivity index (χ0) is 16.6. The summed E-state index contributed by atoms with van der Waals surface area (Å²) in [5.74, 6) is 1.58. The third kappa shape index (κ3) is 2.72. The van der Waals surface area contributed by atoms with Crippen molar-refractivity contribution < 1.29 is 4.74 Å². The van der Waals surface area contributed by atoms with Crippen molar-refractivity contribution in [2.24, 2.45) is 5.92 Å². The van der Waals surface area contributed by atoms with Gasteiger partial charge in [0, 0.05) is 29.1 Å². The molecule has 3 rings (SSSR count). The standard InChI is InChI=1S/C20H28N2O/c1-6-20(9-10-22(4)13-14(20)2)16-7-8-18-17(12-16)19(23-5)11-15(3)21-18/h7-8,11-12,14H,6,9-10,13H2,1-5H3. The molecule has 3 heteroatoms. The highest BCUT2D eigenvalue weighted by atomic mass is 16.5. The second kappa shape index (κ2) is 6.12. The first-order valence-electron chi connectivity index (χ1n) is 8.64. The number of fused-ring (bicyclic) bond motifs is 1. The van der Waals surface area contributed by atoms with Crippen molar-refractivity contribution in [3.8, 4) is 5.75 Å². The van der Waals surface area contributed by atoms with Crippen LogP contribution in [0.25, 0.3) is 10.9 Å². The largest absolute Gasteiger partial charge is 0.496 e. The molecule has 0 spiro atoms. The van der Waals surface area contributed by atoms with Crippen molar-refractivity contribution in [1.82, 2.24) is 9.88 Å². The molecule has 0 radical (unpaired) electrons. The maximum absolute atomic E-state index is 5.61. The van der Waals surface area contributed by atoms with E-state index in [1.165, 1.54) is 24.9 Å². The van der Waals surface area contributed by atoms with Crippen molar-refractivity contribution in [1.29, 1.82) is 0 Å². The van der Waals surface area contributed by atoms with Crippen molar-refractivity contribution in [3.05, 3.63) is 35.5 Å². The van der Waals surface area contributed by atoms with E-state index in [0.29, 0.717) is 5.92 Å². The Bertz CT molecular complexity index is 712. The fourth-order valence-electron chi connectivity index (χ4n) is 4.33. The highest BCUT2D eigenvalue weighted by molar-refractivity contribution is 5.86. The van der Waals surface area contributed by atoms with E-state index in [0.717, 1.165) is 28.9 Å². The molecule has 1 saturated heterocycles. The third-order valence-electron chi connectivity index (χ3n) is 5.79. The highest BCUT2D eigenvalue weighted by Gasteiger charge is 2.39. The molecular formula is C20H28N2O. The molecule has 1 aromatic carbocycles. The van der Waals surface area contributed by atoms with E-state index in [2.05, 4.69) is 49.0 Å². The molecule has 0 saturated carbocycles. The summed E-state index contributed by atoms with van der Waals surface area (Å²) in [7, 11) is 3.97. The van der Waals surface area contributed by atoms with Gasteiger partial charge in [0.1, 0.15) is 5.75 Å². The minimum absolute atomic E-state index is 0.261. The predicted molar refractivity (Wildman–Crippen MR) is 96.3 cm³/mol. The van der Waals surface area contributed by atoms with Crippen LogP contribution in [0, 0.1) is 12.8 Å². The van der Waals surface area contributed by atoms with Gasteiger partial charge in [-0.05, 0) is 57.0 Å². The van der Waals surface area contributed by atoms with Crippen LogP contribution in [0.4, 0.5) is 0 Å². The number of hydrogen-bond donors (Lipinski definition) is 0. The molecule has 124 valence electrons. The summed E-state index contributed by atoms with van der Waals surface area (Å²) in [5.41, 5.74) is 3.73. The molecule has 2 aromatic rings. The molecule has 1 aromatic heterocycles. The Kier molecular flexibility index (Phi) is 4.33. The van der Waals surface area contributed by atoms with Gasteiger partial charge in [-0.2, -0.15) is 0 Å². The van der Waals surface area contributed by atoms with Gasteiger partial charge in [-0.3, -0.25) is 4.98 Å². The Labute approximate surface area is 139 Å². The molecule has 3 nitrogen and oxygen atoms in total. The van der Waals surface area contributed by atoms with E-state index in [1.54, 1.807) is 7.11 Å². The van der Waals surface area contributed by atoms with Gasteiger partial charge in [0.25, 0.3) is 0 Å². The Hall–Kier alpha value is -1.61. The number of benzene rings is 1.